The van der Waals surface area contributed by atoms with Crippen molar-refractivity contribution in [2.24, 2.45) is 0 Å². The van der Waals surface area contributed by atoms with E-state index >= 15 is 0 Å². The van der Waals surface area contributed by atoms with Gasteiger partial charge in [-0.3, -0.25) is 9.59 Å². The van der Waals surface area contributed by atoms with E-state index in [0.29, 0.717) is 6.54 Å². The third-order valence-corrected chi connectivity index (χ3v) is 6.49. The molecule has 0 saturated carbocycles. The Bertz CT molecular complexity index is 1150. The van der Waals surface area contributed by atoms with Crippen LogP contribution in [0, 0.1) is 12.3 Å². The first kappa shape index (κ1) is 26.0. The van der Waals surface area contributed by atoms with Crippen LogP contribution in [0.3, 0.4) is 0 Å². The largest absolute Gasteiger partial charge is 0.508 e. The number of nitrogens with zero attached hydrogens (tertiary/aromatic N) is 4. The van der Waals surface area contributed by atoms with Crippen LogP contribution in [-0.2, 0) is 27.3 Å². The molecule has 2 aliphatic rings. The summed E-state index contributed by atoms with van der Waals surface area (Å²) in [6.07, 6.45) is 4.80. The molecule has 0 aromatic heterocycles. The summed E-state index contributed by atoms with van der Waals surface area (Å²) in [5, 5.41) is 15.7. The number of aromatic hydroxyl groups is 1. The SMILES string of the molecule is C#CCOCCN1C[C@H]2N(C(=O)CN(C)N2C(=O)NCc2ccccc2)[C@@H](Cc2ccc(O)cc2)C1=O. The van der Waals surface area contributed by atoms with Crippen molar-refractivity contribution in [1.29, 1.82) is 0 Å². The lowest BCUT2D eigenvalue weighted by Crippen LogP contribution is -2.76. The van der Waals surface area contributed by atoms with Gasteiger partial charge in [0, 0.05) is 26.6 Å². The van der Waals surface area contributed by atoms with Crippen LogP contribution in [-0.4, -0.2) is 94.9 Å². The lowest BCUT2D eigenvalue weighted by atomic mass is 9.98. The fourth-order valence-electron chi connectivity index (χ4n) is 4.72. The molecule has 2 aromatic rings. The highest BCUT2D eigenvalue weighted by Crippen LogP contribution is 2.28. The number of nitrogens with one attached hydrogen (secondary N) is 1. The number of fused-ring (bicyclic) bond motifs is 1. The number of hydrogen-bond acceptors (Lipinski definition) is 6. The summed E-state index contributed by atoms with van der Waals surface area (Å²) in [7, 11) is 1.68. The van der Waals surface area contributed by atoms with Gasteiger partial charge in [-0.15, -0.1) is 6.42 Å². The average Bonchev–Trinajstić information content (AvgIpc) is 2.89. The van der Waals surface area contributed by atoms with Crippen LogP contribution in [0.25, 0.3) is 0 Å². The summed E-state index contributed by atoms with van der Waals surface area (Å²) in [6, 6.07) is 14.9. The second-order valence-corrected chi connectivity index (χ2v) is 9.01. The number of phenolic OH excluding ortho intramolecular Hbond substituents is 1. The van der Waals surface area contributed by atoms with Crippen molar-refractivity contribution < 1.29 is 24.2 Å². The maximum Gasteiger partial charge on any atom is 0.334 e. The number of carbonyl (C=O) groups is 3. The van der Waals surface area contributed by atoms with E-state index in [9.17, 15) is 19.5 Å². The highest BCUT2D eigenvalue weighted by molar-refractivity contribution is 5.91. The van der Waals surface area contributed by atoms with Crippen molar-refractivity contribution in [2.75, 3.05) is 39.9 Å². The van der Waals surface area contributed by atoms with E-state index in [1.165, 1.54) is 9.91 Å². The number of benzene rings is 2. The second-order valence-electron chi connectivity index (χ2n) is 9.01. The molecule has 2 aliphatic heterocycles. The summed E-state index contributed by atoms with van der Waals surface area (Å²) >= 11 is 0. The third kappa shape index (κ3) is 6.02. The first-order valence-corrected chi connectivity index (χ1v) is 12.1. The van der Waals surface area contributed by atoms with Crippen molar-refractivity contribution in [3.63, 3.8) is 0 Å². The molecule has 194 valence electrons. The number of carbonyl (C=O) groups excluding carboxylic acids is 3. The van der Waals surface area contributed by atoms with Crippen molar-refractivity contribution >= 4 is 17.8 Å². The summed E-state index contributed by atoms with van der Waals surface area (Å²) < 4.78 is 5.40. The number of rotatable bonds is 8. The number of terminal acetylenes is 1. The van der Waals surface area contributed by atoms with E-state index in [1.54, 1.807) is 41.2 Å². The first-order chi connectivity index (χ1) is 17.9. The van der Waals surface area contributed by atoms with E-state index in [-0.39, 0.29) is 62.9 Å². The Balaban J connectivity index is 1.59. The molecule has 0 radical (unpaired) electrons. The molecule has 2 N–H and O–H groups in total. The molecule has 0 unspecified atom stereocenters. The maximum atomic E-state index is 13.6. The van der Waals surface area contributed by atoms with Gasteiger partial charge in [-0.2, -0.15) is 0 Å². The molecular weight excluding hydrogens is 474 g/mol. The van der Waals surface area contributed by atoms with Gasteiger partial charge in [0.05, 0.1) is 19.7 Å². The highest BCUT2D eigenvalue weighted by Gasteiger charge is 2.50. The smallest absolute Gasteiger partial charge is 0.334 e. The van der Waals surface area contributed by atoms with Gasteiger partial charge in [0.1, 0.15) is 24.6 Å². The quantitative estimate of drug-likeness (QED) is 0.410. The predicted octanol–water partition coefficient (Wildman–Crippen LogP) is 1.02. The Labute approximate surface area is 216 Å². The van der Waals surface area contributed by atoms with Gasteiger partial charge in [-0.05, 0) is 23.3 Å². The predicted molar refractivity (Wildman–Crippen MR) is 136 cm³/mol. The average molecular weight is 506 g/mol. The molecule has 37 heavy (non-hydrogen) atoms. The van der Waals surface area contributed by atoms with Gasteiger partial charge in [0.15, 0.2) is 0 Å². The zero-order valence-electron chi connectivity index (χ0n) is 20.7. The standard InChI is InChI=1S/C27H31N5O5/c1-3-14-37-15-13-30-18-24-31(23(26(30)35)16-20-9-11-22(33)12-10-20)25(34)19-29(2)32(24)27(36)28-17-21-7-5-4-6-8-21/h1,4-12,23-24,33H,13-19H2,2H3,(H,28,36)/t23-,24-/m0/s1. The zero-order valence-corrected chi connectivity index (χ0v) is 20.7. The maximum absolute atomic E-state index is 13.6. The van der Waals surface area contributed by atoms with Crippen molar-refractivity contribution in [3.8, 4) is 18.1 Å². The lowest BCUT2D eigenvalue weighted by Gasteiger charge is -2.54. The second kappa shape index (κ2) is 11.8. The van der Waals surface area contributed by atoms with Crippen molar-refractivity contribution in [1.82, 2.24) is 25.1 Å². The Morgan fingerprint density at radius 3 is 2.57 bits per heavy atom. The number of hydrazine groups is 1. The van der Waals surface area contributed by atoms with E-state index < -0.39 is 12.2 Å². The van der Waals surface area contributed by atoms with Gasteiger partial charge in [-0.25, -0.2) is 14.8 Å². The molecule has 0 bridgehead atoms. The van der Waals surface area contributed by atoms with Crippen LogP contribution < -0.4 is 5.32 Å². The minimum Gasteiger partial charge on any atom is -0.508 e. The van der Waals surface area contributed by atoms with E-state index in [4.69, 9.17) is 11.2 Å². The third-order valence-electron chi connectivity index (χ3n) is 6.49. The molecule has 2 aromatic carbocycles. The van der Waals surface area contributed by atoms with E-state index in [0.717, 1.165) is 11.1 Å². The molecule has 10 nitrogen and oxygen atoms in total. The highest BCUT2D eigenvalue weighted by atomic mass is 16.5. The monoisotopic (exact) mass is 505 g/mol. The summed E-state index contributed by atoms with van der Waals surface area (Å²) in [4.78, 5) is 43.4. The molecule has 10 heteroatoms. The van der Waals surface area contributed by atoms with Crippen molar-refractivity contribution in [2.45, 2.75) is 25.2 Å². The van der Waals surface area contributed by atoms with Crippen LogP contribution in [0.4, 0.5) is 4.79 Å². The zero-order chi connectivity index (χ0) is 26.4. The Morgan fingerprint density at radius 1 is 1.14 bits per heavy atom. The summed E-state index contributed by atoms with van der Waals surface area (Å²) in [5.41, 5.74) is 1.73. The van der Waals surface area contributed by atoms with Crippen LogP contribution in [0.2, 0.25) is 0 Å². The molecule has 2 fully saturated rings. The van der Waals surface area contributed by atoms with Gasteiger partial charge in [0.25, 0.3) is 0 Å². The fraction of sp³-hybridized carbons (Fsp3) is 0.370. The molecule has 4 amide bonds. The van der Waals surface area contributed by atoms with E-state index in [1.807, 2.05) is 30.3 Å². The van der Waals surface area contributed by atoms with Crippen LogP contribution in [0.15, 0.2) is 54.6 Å². The number of amides is 4. The minimum absolute atomic E-state index is 0.0418. The van der Waals surface area contributed by atoms with Gasteiger partial charge >= 0.3 is 6.03 Å². The normalized spacial score (nSPS) is 19.9. The number of likely N-dealkylation sites (N-methyl/N-ethyl adjacent to an activating group) is 1. The number of phenols is 1. The Hall–Kier alpha value is -4.07. The number of hydrogen-bond donors (Lipinski definition) is 2. The Morgan fingerprint density at radius 2 is 1.86 bits per heavy atom. The first-order valence-electron chi connectivity index (χ1n) is 12.1. The molecular formula is C27H31N5O5. The number of urea groups is 1. The summed E-state index contributed by atoms with van der Waals surface area (Å²) in [6.45, 7) is 1.06. The fourth-order valence-corrected chi connectivity index (χ4v) is 4.72. The lowest BCUT2D eigenvalue weighted by molar-refractivity contribution is -0.187. The van der Waals surface area contributed by atoms with Gasteiger partial charge in [0.2, 0.25) is 11.8 Å². The molecule has 2 heterocycles. The molecule has 0 aliphatic carbocycles. The van der Waals surface area contributed by atoms with Gasteiger partial charge < -0.3 is 25.0 Å². The topological polar surface area (TPSA) is 106 Å². The van der Waals surface area contributed by atoms with Crippen LogP contribution in [0.5, 0.6) is 5.75 Å². The van der Waals surface area contributed by atoms with Gasteiger partial charge in [-0.1, -0.05) is 48.4 Å². The number of piperazine rings is 1. The molecule has 2 atom stereocenters. The minimum atomic E-state index is -0.818. The Kier molecular flexibility index (Phi) is 8.28. The molecule has 2 saturated heterocycles. The summed E-state index contributed by atoms with van der Waals surface area (Å²) in [5.74, 6) is 2.05. The molecule has 0 spiro atoms. The molecule has 4 rings (SSSR count). The van der Waals surface area contributed by atoms with Crippen LogP contribution in [0.1, 0.15) is 11.1 Å². The number of ether oxygens (including phenoxy) is 1. The van der Waals surface area contributed by atoms with Crippen molar-refractivity contribution in [3.05, 3.63) is 65.7 Å². The van der Waals surface area contributed by atoms with E-state index in [2.05, 4.69) is 11.2 Å². The van der Waals surface area contributed by atoms with Crippen LogP contribution >= 0.6 is 0 Å².